The molecular formula is C9H21NO5SSi. The second-order valence-electron chi connectivity index (χ2n) is 3.50. The zero-order chi connectivity index (χ0) is 13.1. The predicted octanol–water partition coefficient (Wildman–Crippen LogP) is -0.0571. The van der Waals surface area contributed by atoms with E-state index >= 15 is 0 Å². The molecule has 0 aromatic heterocycles. The predicted molar refractivity (Wildman–Crippen MR) is 66.9 cm³/mol. The van der Waals surface area contributed by atoms with Gasteiger partial charge in [-0.25, -0.2) is 0 Å². The van der Waals surface area contributed by atoms with Crippen LogP contribution in [0.2, 0.25) is 6.04 Å². The van der Waals surface area contributed by atoms with Crippen LogP contribution in [0.5, 0.6) is 0 Å². The first kappa shape index (κ1) is 17.0. The Hall–Kier alpha value is 0.00688. The number of hydrogen-bond acceptors (Lipinski definition) is 5. The molecule has 6 nitrogen and oxygen atoms in total. The lowest BCUT2D eigenvalue weighted by Crippen LogP contribution is -2.23. The van der Waals surface area contributed by atoms with Crippen molar-refractivity contribution in [3.8, 4) is 0 Å². The van der Waals surface area contributed by atoms with E-state index in [1.807, 2.05) is 0 Å². The first-order valence-electron chi connectivity index (χ1n) is 5.44. The minimum absolute atomic E-state index is 0.116. The molecule has 0 saturated carbocycles. The van der Waals surface area contributed by atoms with Crippen LogP contribution >= 0.6 is 0 Å². The summed E-state index contributed by atoms with van der Waals surface area (Å²) in [7, 11) is 0.0345. The van der Waals surface area contributed by atoms with Crippen LogP contribution < -0.4 is 5.32 Å². The smallest absolute Gasteiger partial charge is 0.264 e. The van der Waals surface area contributed by atoms with Gasteiger partial charge in [0.15, 0.2) is 0 Å². The van der Waals surface area contributed by atoms with E-state index in [1.54, 1.807) is 14.2 Å². The van der Waals surface area contributed by atoms with Crippen LogP contribution in [-0.2, 0) is 19.6 Å². The Bertz CT molecular complexity index is 269. The summed E-state index contributed by atoms with van der Waals surface area (Å²) in [5.41, 5.74) is 0. The van der Waals surface area contributed by atoms with Crippen molar-refractivity contribution in [2.45, 2.75) is 24.8 Å². The minimum Gasteiger partial charge on any atom is -0.360 e. The SMILES string of the molecule is COC(OC)[Si]CCCNCCCS(=O)(=O)O. The molecule has 17 heavy (non-hydrogen) atoms. The van der Waals surface area contributed by atoms with Crippen LogP contribution in [0.3, 0.4) is 0 Å². The van der Waals surface area contributed by atoms with E-state index in [-0.39, 0.29) is 11.7 Å². The van der Waals surface area contributed by atoms with Gasteiger partial charge in [0.25, 0.3) is 10.1 Å². The van der Waals surface area contributed by atoms with Gasteiger partial charge in [-0.15, -0.1) is 0 Å². The lowest BCUT2D eigenvalue weighted by atomic mass is 10.4. The topological polar surface area (TPSA) is 84.9 Å². The van der Waals surface area contributed by atoms with E-state index in [1.165, 1.54) is 0 Å². The first-order valence-corrected chi connectivity index (χ1v) is 8.34. The normalized spacial score (nSPS) is 12.2. The molecule has 8 heteroatoms. The first-order chi connectivity index (χ1) is 7.99. The van der Waals surface area contributed by atoms with Crippen LogP contribution in [0, 0.1) is 0 Å². The number of nitrogens with one attached hydrogen (secondary N) is 1. The highest BCUT2D eigenvalue weighted by molar-refractivity contribution is 7.85. The van der Waals surface area contributed by atoms with Gasteiger partial charge < -0.3 is 14.8 Å². The fourth-order valence-corrected chi connectivity index (χ4v) is 2.66. The molecule has 0 atom stereocenters. The molecule has 2 radical (unpaired) electrons. The van der Waals surface area contributed by atoms with Crippen LogP contribution in [0.4, 0.5) is 0 Å². The third-order valence-electron chi connectivity index (χ3n) is 2.03. The fraction of sp³-hybridized carbons (Fsp3) is 1.00. The van der Waals surface area contributed by atoms with E-state index in [9.17, 15) is 8.42 Å². The molecule has 0 saturated heterocycles. The molecule has 0 aromatic rings. The quantitative estimate of drug-likeness (QED) is 0.239. The van der Waals surface area contributed by atoms with Crippen LogP contribution in [0.25, 0.3) is 0 Å². The van der Waals surface area contributed by atoms with Crippen molar-refractivity contribution in [2.75, 3.05) is 33.1 Å². The highest BCUT2D eigenvalue weighted by Gasteiger charge is 2.05. The number of methoxy groups -OCH3 is 2. The standard InChI is InChI=1S/C9H21NO5SSi/c1-14-9(15-2)17-8-4-6-10-5-3-7-16(11,12)13/h9-10H,3-8H2,1-2H3,(H,11,12,13). The number of rotatable bonds is 11. The molecule has 0 spiro atoms. The molecule has 102 valence electrons. The van der Waals surface area contributed by atoms with Crippen molar-refractivity contribution in [3.63, 3.8) is 0 Å². The Morgan fingerprint density at radius 1 is 1.24 bits per heavy atom. The van der Waals surface area contributed by atoms with Crippen LogP contribution in [0.1, 0.15) is 12.8 Å². The Labute approximate surface area is 106 Å². The van der Waals surface area contributed by atoms with Gasteiger partial charge in [-0.3, -0.25) is 4.55 Å². The number of hydrogen-bond donors (Lipinski definition) is 2. The van der Waals surface area contributed by atoms with Gasteiger partial charge in [0.05, 0.1) is 5.75 Å². The maximum absolute atomic E-state index is 10.4. The molecule has 0 amide bonds. The summed E-state index contributed by atoms with van der Waals surface area (Å²) >= 11 is 0. The van der Waals surface area contributed by atoms with Crippen molar-refractivity contribution < 1.29 is 22.4 Å². The van der Waals surface area contributed by atoms with Gasteiger partial charge in [-0.2, -0.15) is 8.42 Å². The molecule has 2 N–H and O–H groups in total. The summed E-state index contributed by atoms with van der Waals surface area (Å²) in [5, 5.41) is 3.11. The van der Waals surface area contributed by atoms with E-state index in [0.717, 1.165) is 19.0 Å². The maximum Gasteiger partial charge on any atom is 0.264 e. The molecule has 0 aliphatic heterocycles. The summed E-state index contributed by atoms with van der Waals surface area (Å²) in [5.74, 6) is -0.300. The maximum atomic E-state index is 10.4. The third kappa shape index (κ3) is 12.3. The lowest BCUT2D eigenvalue weighted by molar-refractivity contribution is -0.0441. The summed E-state index contributed by atoms with van der Waals surface area (Å²) in [6.07, 6.45) is 1.42. The average Bonchev–Trinajstić information content (AvgIpc) is 2.26. The number of ether oxygens (including phenoxy) is 2. The largest absolute Gasteiger partial charge is 0.360 e. The lowest BCUT2D eigenvalue weighted by Gasteiger charge is -2.11. The van der Waals surface area contributed by atoms with E-state index < -0.39 is 10.1 Å². The summed E-state index contributed by atoms with van der Waals surface area (Å²) < 4.78 is 39.4. The Kier molecular flexibility index (Phi) is 9.98. The van der Waals surface area contributed by atoms with Crippen LogP contribution in [-0.4, -0.2) is 61.5 Å². The van der Waals surface area contributed by atoms with E-state index in [2.05, 4.69) is 5.32 Å². The Morgan fingerprint density at radius 2 is 1.82 bits per heavy atom. The molecule has 0 aliphatic carbocycles. The van der Waals surface area contributed by atoms with Gasteiger partial charge >= 0.3 is 0 Å². The average molecular weight is 283 g/mol. The third-order valence-corrected chi connectivity index (χ3v) is 4.28. The van der Waals surface area contributed by atoms with Crippen molar-refractivity contribution in [1.82, 2.24) is 5.32 Å². The van der Waals surface area contributed by atoms with Crippen molar-refractivity contribution in [3.05, 3.63) is 0 Å². The zero-order valence-electron chi connectivity index (χ0n) is 10.3. The molecule has 0 bridgehead atoms. The second kappa shape index (κ2) is 9.98. The van der Waals surface area contributed by atoms with E-state index in [0.29, 0.717) is 22.5 Å². The van der Waals surface area contributed by atoms with Crippen molar-refractivity contribution >= 4 is 19.6 Å². The van der Waals surface area contributed by atoms with E-state index in [4.69, 9.17) is 14.0 Å². The summed E-state index contributed by atoms with van der Waals surface area (Å²) in [6.45, 7) is 1.43. The minimum atomic E-state index is -3.81. The highest BCUT2D eigenvalue weighted by atomic mass is 32.2. The monoisotopic (exact) mass is 283 g/mol. The van der Waals surface area contributed by atoms with Crippen LogP contribution in [0.15, 0.2) is 0 Å². The summed E-state index contributed by atoms with van der Waals surface area (Å²) in [4.78, 5) is 0. The van der Waals surface area contributed by atoms with Crippen molar-refractivity contribution in [1.29, 1.82) is 0 Å². The van der Waals surface area contributed by atoms with Crippen molar-refractivity contribution in [2.24, 2.45) is 0 Å². The van der Waals surface area contributed by atoms with Gasteiger partial charge in [0.2, 0.25) is 0 Å². The second-order valence-corrected chi connectivity index (χ2v) is 6.45. The molecule has 0 aliphatic rings. The van der Waals surface area contributed by atoms with Gasteiger partial charge in [0.1, 0.15) is 15.4 Å². The Morgan fingerprint density at radius 3 is 2.35 bits per heavy atom. The zero-order valence-corrected chi connectivity index (χ0v) is 12.1. The molecule has 0 fully saturated rings. The molecular weight excluding hydrogens is 262 g/mol. The molecule has 0 unspecified atom stereocenters. The van der Waals surface area contributed by atoms with Gasteiger partial charge in [-0.1, -0.05) is 6.04 Å². The molecule has 0 heterocycles. The summed E-state index contributed by atoms with van der Waals surface area (Å²) in [6, 6.07) is 1.01. The molecule has 0 aromatic carbocycles. The van der Waals surface area contributed by atoms with Gasteiger partial charge in [-0.05, 0) is 25.9 Å². The Balaban J connectivity index is 3.24. The van der Waals surface area contributed by atoms with Gasteiger partial charge in [0, 0.05) is 14.2 Å². The highest BCUT2D eigenvalue weighted by Crippen LogP contribution is 1.95. The molecule has 0 rings (SSSR count). The fourth-order valence-electron chi connectivity index (χ4n) is 1.20.